The minimum Gasteiger partial charge on any atom is -0.369 e. The largest absolute Gasteiger partial charge is 0.369 e. The number of hydrogen-bond donors (Lipinski definition) is 2. The summed E-state index contributed by atoms with van der Waals surface area (Å²) in [5.74, 6) is 0.153. The maximum atomic E-state index is 9.72. The molecule has 1 aromatic heterocycles. The van der Waals surface area contributed by atoms with Gasteiger partial charge in [0.2, 0.25) is 0 Å². The van der Waals surface area contributed by atoms with Crippen LogP contribution in [0.4, 0.5) is 0 Å². The Morgan fingerprint density at radius 2 is 1.92 bits per heavy atom. The lowest BCUT2D eigenvalue weighted by Gasteiger charge is -2.24. The first-order valence-electron chi connectivity index (χ1n) is 3.84. The third-order valence-corrected chi connectivity index (χ3v) is 1.80. The van der Waals surface area contributed by atoms with E-state index in [1.807, 2.05) is 13.8 Å². The Morgan fingerprint density at radius 3 is 2.33 bits per heavy atom. The molecule has 4 nitrogen and oxygen atoms in total. The monoisotopic (exact) mass is 167 g/mol. The smallest absolute Gasteiger partial charge is 0.176 e. The van der Waals surface area contributed by atoms with E-state index in [0.717, 1.165) is 0 Å². The first kappa shape index (κ1) is 9.09. The van der Waals surface area contributed by atoms with Crippen molar-refractivity contribution in [2.45, 2.75) is 19.6 Å². The molecule has 4 heteroatoms. The second-order valence-electron chi connectivity index (χ2n) is 3.05. The van der Waals surface area contributed by atoms with Crippen LogP contribution in [0.3, 0.4) is 0 Å². The summed E-state index contributed by atoms with van der Waals surface area (Å²) in [4.78, 5) is 7.77. The number of aliphatic hydroxyl groups is 1. The molecule has 1 aromatic rings. The molecule has 0 amide bonds. The van der Waals surface area contributed by atoms with Crippen LogP contribution in [0.25, 0.3) is 0 Å². The zero-order chi connectivity index (χ0) is 9.19. The highest BCUT2D eigenvalue weighted by Gasteiger charge is 2.30. The van der Waals surface area contributed by atoms with Crippen molar-refractivity contribution in [2.75, 3.05) is 0 Å². The van der Waals surface area contributed by atoms with Gasteiger partial charge >= 0.3 is 0 Å². The maximum Gasteiger partial charge on any atom is 0.176 e. The molecule has 0 saturated carbocycles. The lowest BCUT2D eigenvalue weighted by molar-refractivity contribution is -0.0125. The van der Waals surface area contributed by atoms with Crippen molar-refractivity contribution in [2.24, 2.45) is 11.7 Å². The van der Waals surface area contributed by atoms with E-state index in [1.54, 1.807) is 18.5 Å². The molecule has 0 spiro atoms. The molecule has 66 valence electrons. The molecule has 1 atom stereocenters. The van der Waals surface area contributed by atoms with Crippen LogP contribution in [0.5, 0.6) is 0 Å². The van der Waals surface area contributed by atoms with Crippen molar-refractivity contribution >= 4 is 0 Å². The molecule has 0 bridgehead atoms. The zero-order valence-corrected chi connectivity index (χ0v) is 7.23. The first-order chi connectivity index (χ1) is 5.55. The fourth-order valence-corrected chi connectivity index (χ4v) is 0.764. The van der Waals surface area contributed by atoms with E-state index < -0.39 is 5.72 Å². The van der Waals surface area contributed by atoms with E-state index in [-0.39, 0.29) is 11.7 Å². The lowest BCUT2D eigenvalue weighted by atomic mass is 10.0. The molecule has 0 saturated heterocycles. The number of aromatic nitrogens is 2. The fraction of sp³-hybridized carbons (Fsp3) is 0.500. The fourth-order valence-electron chi connectivity index (χ4n) is 0.764. The van der Waals surface area contributed by atoms with Gasteiger partial charge in [0.15, 0.2) is 11.5 Å². The second kappa shape index (κ2) is 3.16. The summed E-state index contributed by atoms with van der Waals surface area (Å²) >= 11 is 0. The van der Waals surface area contributed by atoms with Crippen LogP contribution in [-0.2, 0) is 5.72 Å². The predicted octanol–water partition coefficient (Wildman–Crippen LogP) is 0.236. The lowest BCUT2D eigenvalue weighted by Crippen LogP contribution is -2.43. The Bertz CT molecular complexity index is 246. The third-order valence-electron chi connectivity index (χ3n) is 1.80. The molecule has 0 aliphatic heterocycles. The van der Waals surface area contributed by atoms with Gasteiger partial charge in [-0.3, -0.25) is 5.73 Å². The predicted molar refractivity (Wildman–Crippen MR) is 45.0 cm³/mol. The average molecular weight is 167 g/mol. The van der Waals surface area contributed by atoms with Crippen molar-refractivity contribution < 1.29 is 5.11 Å². The summed E-state index contributed by atoms with van der Waals surface area (Å²) in [6, 6.07) is 1.68. The first-order valence-corrected chi connectivity index (χ1v) is 3.84. The Kier molecular flexibility index (Phi) is 2.40. The van der Waals surface area contributed by atoms with Gasteiger partial charge in [0.05, 0.1) is 0 Å². The minimum absolute atomic E-state index is 0.111. The van der Waals surface area contributed by atoms with Crippen LogP contribution in [0, 0.1) is 5.92 Å². The minimum atomic E-state index is -1.43. The molecule has 0 aliphatic rings. The molecule has 1 heterocycles. The molecule has 0 aromatic carbocycles. The molecular formula is C8H13N3O. The molecule has 3 N–H and O–H groups in total. The number of nitrogens with two attached hydrogens (primary N) is 1. The van der Waals surface area contributed by atoms with Crippen molar-refractivity contribution in [3.8, 4) is 0 Å². The van der Waals surface area contributed by atoms with Crippen LogP contribution in [0.1, 0.15) is 19.7 Å². The van der Waals surface area contributed by atoms with E-state index >= 15 is 0 Å². The van der Waals surface area contributed by atoms with Gasteiger partial charge < -0.3 is 5.11 Å². The van der Waals surface area contributed by atoms with Crippen LogP contribution in [0.2, 0.25) is 0 Å². The molecule has 1 rings (SSSR count). The van der Waals surface area contributed by atoms with Gasteiger partial charge in [0.1, 0.15) is 0 Å². The van der Waals surface area contributed by atoms with Crippen LogP contribution in [-0.4, -0.2) is 15.1 Å². The highest BCUT2D eigenvalue weighted by atomic mass is 16.3. The van der Waals surface area contributed by atoms with Gasteiger partial charge in [-0.25, -0.2) is 9.97 Å². The van der Waals surface area contributed by atoms with Crippen molar-refractivity contribution in [1.82, 2.24) is 9.97 Å². The molecule has 0 radical (unpaired) electrons. The highest BCUT2D eigenvalue weighted by molar-refractivity contribution is 5.00. The van der Waals surface area contributed by atoms with E-state index in [2.05, 4.69) is 9.97 Å². The molecule has 12 heavy (non-hydrogen) atoms. The van der Waals surface area contributed by atoms with E-state index in [1.165, 1.54) is 0 Å². The van der Waals surface area contributed by atoms with Gasteiger partial charge in [-0.1, -0.05) is 13.8 Å². The normalized spacial score (nSPS) is 16.1. The number of hydrogen-bond acceptors (Lipinski definition) is 4. The van der Waals surface area contributed by atoms with Gasteiger partial charge in [0, 0.05) is 18.3 Å². The zero-order valence-electron chi connectivity index (χ0n) is 7.23. The molecule has 0 aliphatic carbocycles. The van der Waals surface area contributed by atoms with Crippen molar-refractivity contribution in [1.29, 1.82) is 0 Å². The third kappa shape index (κ3) is 1.60. The SMILES string of the molecule is CC(C)C(N)(O)c1ncccn1. The quantitative estimate of drug-likeness (QED) is 0.619. The summed E-state index contributed by atoms with van der Waals surface area (Å²) in [6.07, 6.45) is 3.12. The summed E-state index contributed by atoms with van der Waals surface area (Å²) in [6.45, 7) is 3.63. The summed E-state index contributed by atoms with van der Waals surface area (Å²) in [5, 5.41) is 9.72. The second-order valence-corrected chi connectivity index (χ2v) is 3.05. The van der Waals surface area contributed by atoms with E-state index in [9.17, 15) is 5.11 Å². The number of nitrogens with zero attached hydrogens (tertiary/aromatic N) is 2. The summed E-state index contributed by atoms with van der Waals surface area (Å²) in [5.41, 5.74) is 4.18. The number of rotatable bonds is 2. The van der Waals surface area contributed by atoms with Crippen molar-refractivity contribution in [3.05, 3.63) is 24.3 Å². The topological polar surface area (TPSA) is 72.0 Å². The Hall–Kier alpha value is -1.00. The average Bonchev–Trinajstić information content (AvgIpc) is 2.06. The van der Waals surface area contributed by atoms with Gasteiger partial charge in [0.25, 0.3) is 0 Å². The van der Waals surface area contributed by atoms with Gasteiger partial charge in [-0.15, -0.1) is 0 Å². The summed E-state index contributed by atoms with van der Waals surface area (Å²) < 4.78 is 0. The van der Waals surface area contributed by atoms with Crippen LogP contribution >= 0.6 is 0 Å². The van der Waals surface area contributed by atoms with Gasteiger partial charge in [-0.05, 0) is 6.07 Å². The highest BCUT2D eigenvalue weighted by Crippen LogP contribution is 2.19. The standard InChI is InChI=1S/C8H13N3O/c1-6(2)8(9,12)7-10-4-3-5-11-7/h3-6,12H,9H2,1-2H3. The summed E-state index contributed by atoms with van der Waals surface area (Å²) in [7, 11) is 0. The molecular weight excluding hydrogens is 154 g/mol. The Morgan fingerprint density at radius 1 is 1.42 bits per heavy atom. The van der Waals surface area contributed by atoms with E-state index in [4.69, 9.17) is 5.73 Å². The molecule has 0 fully saturated rings. The van der Waals surface area contributed by atoms with Crippen LogP contribution in [0.15, 0.2) is 18.5 Å². The maximum absolute atomic E-state index is 9.72. The Labute approximate surface area is 71.5 Å². The Balaban J connectivity index is 2.98. The molecule has 1 unspecified atom stereocenters. The van der Waals surface area contributed by atoms with Crippen LogP contribution < -0.4 is 5.73 Å². The van der Waals surface area contributed by atoms with Crippen molar-refractivity contribution in [3.63, 3.8) is 0 Å². The van der Waals surface area contributed by atoms with E-state index in [0.29, 0.717) is 0 Å². The van der Waals surface area contributed by atoms with Gasteiger partial charge in [-0.2, -0.15) is 0 Å².